The first-order chi connectivity index (χ1) is 14.3. The molecule has 1 aliphatic carbocycles. The summed E-state index contributed by atoms with van der Waals surface area (Å²) in [4.78, 5) is 23.4. The van der Waals surface area contributed by atoms with E-state index in [1.54, 1.807) is 29.4 Å². The minimum atomic E-state index is -0.00118. The lowest BCUT2D eigenvalue weighted by molar-refractivity contribution is 0.350. The molecule has 0 aromatic carbocycles. The molecule has 7 heteroatoms. The highest BCUT2D eigenvalue weighted by Gasteiger charge is 2.23. The molecule has 0 unspecified atom stereocenters. The van der Waals surface area contributed by atoms with Crippen molar-refractivity contribution in [1.82, 2.24) is 24.7 Å². The maximum Gasteiger partial charge on any atom is 0.253 e. The Hall–Kier alpha value is -3.09. The van der Waals surface area contributed by atoms with Crippen molar-refractivity contribution in [3.05, 3.63) is 64.6 Å². The van der Waals surface area contributed by atoms with E-state index in [0.29, 0.717) is 18.2 Å². The van der Waals surface area contributed by atoms with Gasteiger partial charge in [0, 0.05) is 43.7 Å². The van der Waals surface area contributed by atoms with Gasteiger partial charge in [-0.1, -0.05) is 0 Å². The van der Waals surface area contributed by atoms with Crippen LogP contribution in [0, 0.1) is 5.92 Å². The predicted molar refractivity (Wildman–Crippen MR) is 111 cm³/mol. The maximum absolute atomic E-state index is 12.6. The molecule has 5 rings (SSSR count). The number of rotatable bonds is 4. The van der Waals surface area contributed by atoms with Crippen LogP contribution in [0.15, 0.2) is 47.8 Å². The van der Waals surface area contributed by atoms with Crippen LogP contribution in [0.5, 0.6) is 0 Å². The first kappa shape index (κ1) is 18.0. The molecule has 1 saturated heterocycles. The first-order valence-corrected chi connectivity index (χ1v) is 10.3. The van der Waals surface area contributed by atoms with E-state index in [-0.39, 0.29) is 5.56 Å². The van der Waals surface area contributed by atoms with Crippen molar-refractivity contribution < 1.29 is 0 Å². The molecule has 0 radical (unpaired) electrons. The second-order valence-corrected chi connectivity index (χ2v) is 7.96. The fourth-order valence-electron chi connectivity index (χ4n) is 4.34. The zero-order chi connectivity index (χ0) is 19.6. The average molecular weight is 388 g/mol. The molecular formula is C22H24N6O. The summed E-state index contributed by atoms with van der Waals surface area (Å²) in [5.41, 5.74) is 4.14. The van der Waals surface area contributed by atoms with Crippen LogP contribution in [0.25, 0.3) is 11.3 Å². The SMILES string of the molecule is O=c1cc(-c2ccncc2)ncn1CC1CCN(c2cc3c(nn2)CCC3)CC1. The molecule has 3 aromatic heterocycles. The van der Waals surface area contributed by atoms with Crippen LogP contribution in [-0.4, -0.2) is 37.8 Å². The number of anilines is 1. The van der Waals surface area contributed by atoms with Gasteiger partial charge in [0.2, 0.25) is 0 Å². The van der Waals surface area contributed by atoms with Crippen molar-refractivity contribution in [3.8, 4) is 11.3 Å². The molecule has 0 atom stereocenters. The second-order valence-electron chi connectivity index (χ2n) is 7.96. The van der Waals surface area contributed by atoms with Gasteiger partial charge in [0.15, 0.2) is 5.82 Å². The van der Waals surface area contributed by atoms with Crippen LogP contribution in [0.4, 0.5) is 5.82 Å². The third kappa shape index (κ3) is 3.77. The third-order valence-corrected chi connectivity index (χ3v) is 6.06. The Labute approximate surface area is 169 Å². The molecule has 4 heterocycles. The quantitative estimate of drug-likeness (QED) is 0.683. The summed E-state index contributed by atoms with van der Waals surface area (Å²) in [6.45, 7) is 2.62. The summed E-state index contributed by atoms with van der Waals surface area (Å²) in [5, 5.41) is 8.86. The van der Waals surface area contributed by atoms with Crippen LogP contribution < -0.4 is 10.5 Å². The minimum Gasteiger partial charge on any atom is -0.355 e. The van der Waals surface area contributed by atoms with Gasteiger partial charge in [-0.25, -0.2) is 4.98 Å². The van der Waals surface area contributed by atoms with Gasteiger partial charge < -0.3 is 4.90 Å². The van der Waals surface area contributed by atoms with Gasteiger partial charge in [0.25, 0.3) is 5.56 Å². The van der Waals surface area contributed by atoms with Crippen LogP contribution in [-0.2, 0) is 19.4 Å². The summed E-state index contributed by atoms with van der Waals surface area (Å²) < 4.78 is 1.74. The van der Waals surface area contributed by atoms with E-state index >= 15 is 0 Å². The van der Waals surface area contributed by atoms with E-state index in [9.17, 15) is 4.79 Å². The van der Waals surface area contributed by atoms with Gasteiger partial charge in [-0.05, 0) is 61.8 Å². The van der Waals surface area contributed by atoms with Gasteiger partial charge >= 0.3 is 0 Å². The van der Waals surface area contributed by atoms with E-state index in [4.69, 9.17) is 0 Å². The fraction of sp³-hybridized carbons (Fsp3) is 0.409. The smallest absolute Gasteiger partial charge is 0.253 e. The number of nitrogens with zero attached hydrogens (tertiary/aromatic N) is 6. The monoisotopic (exact) mass is 388 g/mol. The number of pyridine rings is 1. The Kier molecular flexibility index (Phi) is 4.79. The molecule has 3 aromatic rings. The molecule has 1 fully saturated rings. The summed E-state index contributed by atoms with van der Waals surface area (Å²) >= 11 is 0. The van der Waals surface area contributed by atoms with Crippen LogP contribution >= 0.6 is 0 Å². The van der Waals surface area contributed by atoms with Crippen molar-refractivity contribution in [2.45, 2.75) is 38.6 Å². The van der Waals surface area contributed by atoms with Crippen molar-refractivity contribution in [2.75, 3.05) is 18.0 Å². The molecule has 0 amide bonds. The molecule has 0 bridgehead atoms. The van der Waals surface area contributed by atoms with Gasteiger partial charge in [-0.2, -0.15) is 5.10 Å². The summed E-state index contributed by atoms with van der Waals surface area (Å²) in [5.74, 6) is 1.48. The molecule has 29 heavy (non-hydrogen) atoms. The Balaban J connectivity index is 1.22. The van der Waals surface area contributed by atoms with E-state index in [0.717, 1.165) is 50.2 Å². The van der Waals surface area contributed by atoms with Crippen LogP contribution in [0.2, 0.25) is 0 Å². The van der Waals surface area contributed by atoms with Gasteiger partial charge in [0.05, 0.1) is 17.7 Å². The zero-order valence-corrected chi connectivity index (χ0v) is 16.4. The molecule has 1 aliphatic heterocycles. The summed E-state index contributed by atoms with van der Waals surface area (Å²) in [7, 11) is 0. The predicted octanol–water partition coefficient (Wildman–Crippen LogP) is 2.50. The van der Waals surface area contributed by atoms with E-state index in [1.165, 1.54) is 17.7 Å². The number of piperidine rings is 1. The highest BCUT2D eigenvalue weighted by molar-refractivity contribution is 5.57. The van der Waals surface area contributed by atoms with Crippen molar-refractivity contribution in [3.63, 3.8) is 0 Å². The Morgan fingerprint density at radius 2 is 1.86 bits per heavy atom. The topological polar surface area (TPSA) is 76.8 Å². The summed E-state index contributed by atoms with van der Waals surface area (Å²) in [6, 6.07) is 7.57. The zero-order valence-electron chi connectivity index (χ0n) is 16.4. The van der Waals surface area contributed by atoms with Crippen LogP contribution in [0.3, 0.4) is 0 Å². The lowest BCUT2D eigenvalue weighted by atomic mass is 9.96. The molecule has 148 valence electrons. The molecule has 2 aliphatic rings. The Bertz CT molecular complexity index is 1060. The first-order valence-electron chi connectivity index (χ1n) is 10.3. The number of aryl methyl sites for hydroxylation is 2. The standard InChI is InChI=1S/C22H24N6O/c29-22-13-20(17-4-8-23-9-5-17)24-15-28(22)14-16-6-10-27(11-7-16)21-12-18-2-1-3-19(18)25-26-21/h4-5,8-9,12-13,15-16H,1-3,6-7,10-11,14H2. The number of fused-ring (bicyclic) bond motifs is 1. The van der Waals surface area contributed by atoms with E-state index in [2.05, 4.69) is 31.1 Å². The maximum atomic E-state index is 12.6. The molecule has 0 N–H and O–H groups in total. The highest BCUT2D eigenvalue weighted by Crippen LogP contribution is 2.26. The number of aromatic nitrogens is 5. The second kappa shape index (κ2) is 7.73. The molecule has 0 spiro atoms. The number of hydrogen-bond acceptors (Lipinski definition) is 6. The normalized spacial score (nSPS) is 16.8. The van der Waals surface area contributed by atoms with Crippen molar-refractivity contribution >= 4 is 5.82 Å². The molecular weight excluding hydrogens is 364 g/mol. The minimum absolute atomic E-state index is 0.00118. The third-order valence-electron chi connectivity index (χ3n) is 6.06. The molecule has 7 nitrogen and oxygen atoms in total. The van der Waals surface area contributed by atoms with E-state index in [1.807, 2.05) is 12.1 Å². The van der Waals surface area contributed by atoms with Gasteiger partial charge in [-0.15, -0.1) is 5.10 Å². The van der Waals surface area contributed by atoms with Gasteiger partial charge in [0.1, 0.15) is 0 Å². The average Bonchev–Trinajstić information content (AvgIpc) is 3.24. The fourth-order valence-corrected chi connectivity index (χ4v) is 4.34. The summed E-state index contributed by atoms with van der Waals surface area (Å²) in [6.07, 6.45) is 10.6. The largest absolute Gasteiger partial charge is 0.355 e. The van der Waals surface area contributed by atoms with Crippen LogP contribution in [0.1, 0.15) is 30.5 Å². The Morgan fingerprint density at radius 1 is 1.03 bits per heavy atom. The van der Waals surface area contributed by atoms with Gasteiger partial charge in [-0.3, -0.25) is 14.3 Å². The lowest BCUT2D eigenvalue weighted by Crippen LogP contribution is -2.37. The molecule has 0 saturated carbocycles. The van der Waals surface area contributed by atoms with E-state index < -0.39 is 0 Å². The number of hydrogen-bond donors (Lipinski definition) is 0. The van der Waals surface area contributed by atoms with Crippen molar-refractivity contribution in [1.29, 1.82) is 0 Å². The Morgan fingerprint density at radius 3 is 2.66 bits per heavy atom. The highest BCUT2D eigenvalue weighted by atomic mass is 16.1. The lowest BCUT2D eigenvalue weighted by Gasteiger charge is -2.32. The van der Waals surface area contributed by atoms with Crippen molar-refractivity contribution in [2.24, 2.45) is 5.92 Å².